The number of ether oxygens (including phenoxy) is 1. The lowest BCUT2D eigenvalue weighted by Crippen LogP contribution is -2.59. The van der Waals surface area contributed by atoms with E-state index in [1.165, 1.54) is 19.0 Å². The Morgan fingerprint density at radius 1 is 1.57 bits per heavy atom. The van der Waals surface area contributed by atoms with Gasteiger partial charge in [-0.1, -0.05) is 0 Å². The van der Waals surface area contributed by atoms with E-state index in [-0.39, 0.29) is 18.9 Å². The molecule has 1 amide bonds. The Morgan fingerprint density at radius 3 is 2.71 bits per heavy atom. The van der Waals surface area contributed by atoms with Crippen molar-refractivity contribution in [2.45, 2.75) is 25.5 Å². The summed E-state index contributed by atoms with van der Waals surface area (Å²) in [4.78, 5) is 22.4. The van der Waals surface area contributed by atoms with Gasteiger partial charge in [0, 0.05) is 19.9 Å². The van der Waals surface area contributed by atoms with Crippen molar-refractivity contribution in [3.8, 4) is 0 Å². The van der Waals surface area contributed by atoms with Crippen LogP contribution in [0.15, 0.2) is 0 Å². The van der Waals surface area contributed by atoms with E-state index < -0.39 is 18.1 Å². The number of aliphatic hydroxyl groups is 1. The van der Waals surface area contributed by atoms with Crippen LogP contribution in [0.1, 0.15) is 13.3 Å². The molecule has 1 saturated heterocycles. The molecule has 1 aliphatic heterocycles. The molecule has 6 nitrogen and oxygen atoms in total. The summed E-state index contributed by atoms with van der Waals surface area (Å²) in [6.07, 6.45) is -0.422. The Hall–Kier alpha value is -1.14. The van der Waals surface area contributed by atoms with Crippen molar-refractivity contribution < 1.29 is 19.4 Å². The predicted octanol–water partition coefficient (Wildman–Crippen LogP) is -1.35. The number of nitrogens with one attached hydrogen (secondary N) is 1. The summed E-state index contributed by atoms with van der Waals surface area (Å²) in [6.45, 7) is 1.62. The SMILES string of the molecule is COC(=O)[C@H]1C[C@@H](O)CNN1C(C)=O. The van der Waals surface area contributed by atoms with Gasteiger partial charge in [-0.25, -0.2) is 10.2 Å². The first-order valence-corrected chi connectivity index (χ1v) is 4.35. The molecule has 1 aliphatic rings. The molecule has 14 heavy (non-hydrogen) atoms. The average Bonchev–Trinajstić information content (AvgIpc) is 2.16. The van der Waals surface area contributed by atoms with Crippen LogP contribution in [0.3, 0.4) is 0 Å². The zero-order valence-corrected chi connectivity index (χ0v) is 8.19. The van der Waals surface area contributed by atoms with Gasteiger partial charge < -0.3 is 9.84 Å². The van der Waals surface area contributed by atoms with Crippen molar-refractivity contribution in [2.75, 3.05) is 13.7 Å². The summed E-state index contributed by atoms with van der Waals surface area (Å²) >= 11 is 0. The number of hydrogen-bond acceptors (Lipinski definition) is 5. The maximum Gasteiger partial charge on any atom is 0.330 e. The standard InChI is InChI=1S/C8H14N2O4/c1-5(11)10-7(8(13)14-2)3-6(12)4-9-10/h6-7,9,12H,3-4H2,1-2H3/t6-,7-/m1/s1. The van der Waals surface area contributed by atoms with E-state index in [4.69, 9.17) is 0 Å². The van der Waals surface area contributed by atoms with Crippen molar-refractivity contribution in [1.82, 2.24) is 10.4 Å². The van der Waals surface area contributed by atoms with Gasteiger partial charge in [0.1, 0.15) is 6.04 Å². The van der Waals surface area contributed by atoms with Crippen LogP contribution >= 0.6 is 0 Å². The number of aliphatic hydroxyl groups excluding tert-OH is 1. The summed E-state index contributed by atoms with van der Waals surface area (Å²) in [5.74, 6) is -0.793. The van der Waals surface area contributed by atoms with Gasteiger partial charge in [-0.15, -0.1) is 0 Å². The van der Waals surface area contributed by atoms with Crippen LogP contribution in [0.25, 0.3) is 0 Å². The Balaban J connectivity index is 2.73. The largest absolute Gasteiger partial charge is 0.467 e. The Kier molecular flexibility index (Phi) is 3.43. The van der Waals surface area contributed by atoms with Crippen LogP contribution in [0.4, 0.5) is 0 Å². The maximum absolute atomic E-state index is 11.3. The molecule has 0 spiro atoms. The van der Waals surface area contributed by atoms with Gasteiger partial charge in [0.2, 0.25) is 5.91 Å². The highest BCUT2D eigenvalue weighted by Gasteiger charge is 2.34. The highest BCUT2D eigenvalue weighted by Crippen LogP contribution is 2.12. The van der Waals surface area contributed by atoms with Crippen molar-refractivity contribution >= 4 is 11.9 Å². The molecule has 0 unspecified atom stereocenters. The third-order valence-electron chi connectivity index (χ3n) is 2.12. The molecule has 2 atom stereocenters. The fourth-order valence-electron chi connectivity index (χ4n) is 1.43. The fraction of sp³-hybridized carbons (Fsp3) is 0.750. The quantitative estimate of drug-likeness (QED) is 0.514. The van der Waals surface area contributed by atoms with E-state index >= 15 is 0 Å². The van der Waals surface area contributed by atoms with Gasteiger partial charge in [0.15, 0.2) is 0 Å². The van der Waals surface area contributed by atoms with Crippen molar-refractivity contribution in [3.05, 3.63) is 0 Å². The van der Waals surface area contributed by atoms with E-state index in [2.05, 4.69) is 10.2 Å². The molecule has 2 N–H and O–H groups in total. The number of methoxy groups -OCH3 is 1. The number of esters is 1. The molecular formula is C8H14N2O4. The average molecular weight is 202 g/mol. The second-order valence-electron chi connectivity index (χ2n) is 3.18. The van der Waals surface area contributed by atoms with Gasteiger partial charge in [0.25, 0.3) is 0 Å². The monoisotopic (exact) mass is 202 g/mol. The molecule has 0 aliphatic carbocycles. The molecule has 1 fully saturated rings. The maximum atomic E-state index is 11.3. The zero-order valence-electron chi connectivity index (χ0n) is 8.19. The topological polar surface area (TPSA) is 78.9 Å². The molecular weight excluding hydrogens is 188 g/mol. The smallest absolute Gasteiger partial charge is 0.330 e. The molecule has 0 saturated carbocycles. The van der Waals surface area contributed by atoms with Crippen LogP contribution < -0.4 is 5.43 Å². The Bertz CT molecular complexity index is 243. The number of hydrogen-bond donors (Lipinski definition) is 2. The highest BCUT2D eigenvalue weighted by molar-refractivity contribution is 5.83. The molecule has 0 aromatic rings. The lowest BCUT2D eigenvalue weighted by atomic mass is 10.1. The number of carbonyl (C=O) groups excluding carboxylic acids is 2. The van der Waals surface area contributed by atoms with Gasteiger partial charge in [-0.3, -0.25) is 9.80 Å². The molecule has 0 aromatic carbocycles. The number of amides is 1. The lowest BCUT2D eigenvalue weighted by Gasteiger charge is -2.35. The van der Waals surface area contributed by atoms with Gasteiger partial charge in [0.05, 0.1) is 13.2 Å². The van der Waals surface area contributed by atoms with Crippen molar-refractivity contribution in [3.63, 3.8) is 0 Å². The summed E-state index contributed by atoms with van der Waals surface area (Å²) in [6, 6.07) is -0.735. The first-order valence-electron chi connectivity index (χ1n) is 4.35. The van der Waals surface area contributed by atoms with Crippen LogP contribution in [-0.4, -0.2) is 47.8 Å². The first-order chi connectivity index (χ1) is 6.56. The summed E-state index contributed by atoms with van der Waals surface area (Å²) < 4.78 is 4.53. The number of rotatable bonds is 1. The third-order valence-corrected chi connectivity index (χ3v) is 2.12. The Labute approximate surface area is 81.8 Å². The van der Waals surface area contributed by atoms with E-state index in [0.717, 1.165) is 0 Å². The first kappa shape index (κ1) is 10.9. The fourth-order valence-corrected chi connectivity index (χ4v) is 1.43. The van der Waals surface area contributed by atoms with Crippen LogP contribution in [0.5, 0.6) is 0 Å². The molecule has 0 aromatic heterocycles. The highest BCUT2D eigenvalue weighted by atomic mass is 16.5. The molecule has 80 valence electrons. The van der Waals surface area contributed by atoms with Gasteiger partial charge >= 0.3 is 5.97 Å². The number of β-amino-alcohol motifs (C(OH)–C–C–N with tert-alkyl or cyclic N) is 1. The van der Waals surface area contributed by atoms with E-state index in [9.17, 15) is 14.7 Å². The minimum atomic E-state index is -0.735. The van der Waals surface area contributed by atoms with Crippen molar-refractivity contribution in [2.24, 2.45) is 0 Å². The molecule has 1 rings (SSSR count). The second kappa shape index (κ2) is 4.39. The predicted molar refractivity (Wildman–Crippen MR) is 47.0 cm³/mol. The molecule has 0 bridgehead atoms. The van der Waals surface area contributed by atoms with E-state index in [0.29, 0.717) is 0 Å². The summed E-state index contributed by atoms with van der Waals surface area (Å²) in [5.41, 5.74) is 2.67. The lowest BCUT2D eigenvalue weighted by molar-refractivity contribution is -0.160. The minimum Gasteiger partial charge on any atom is -0.467 e. The summed E-state index contributed by atoms with van der Waals surface area (Å²) in [7, 11) is 1.25. The Morgan fingerprint density at radius 2 is 2.21 bits per heavy atom. The normalized spacial score (nSPS) is 27.2. The number of carbonyl (C=O) groups is 2. The van der Waals surface area contributed by atoms with Crippen LogP contribution in [0.2, 0.25) is 0 Å². The van der Waals surface area contributed by atoms with Gasteiger partial charge in [-0.05, 0) is 0 Å². The molecule has 1 heterocycles. The van der Waals surface area contributed by atoms with Crippen LogP contribution in [0, 0.1) is 0 Å². The minimum absolute atomic E-state index is 0.208. The number of nitrogens with zero attached hydrogens (tertiary/aromatic N) is 1. The number of hydrazine groups is 1. The van der Waals surface area contributed by atoms with Crippen molar-refractivity contribution in [1.29, 1.82) is 0 Å². The zero-order chi connectivity index (χ0) is 10.7. The molecule has 6 heteroatoms. The molecule has 0 radical (unpaired) electrons. The second-order valence-corrected chi connectivity index (χ2v) is 3.18. The van der Waals surface area contributed by atoms with Crippen LogP contribution in [-0.2, 0) is 14.3 Å². The van der Waals surface area contributed by atoms with Gasteiger partial charge in [-0.2, -0.15) is 0 Å². The van der Waals surface area contributed by atoms with E-state index in [1.54, 1.807) is 0 Å². The summed E-state index contributed by atoms with van der Waals surface area (Å²) in [5, 5.41) is 10.5. The van der Waals surface area contributed by atoms with E-state index in [1.807, 2.05) is 0 Å². The third kappa shape index (κ3) is 2.21.